The molecule has 0 aromatic carbocycles. The molecule has 1 saturated heterocycles. The predicted octanol–water partition coefficient (Wildman–Crippen LogP) is 1.47. The van der Waals surface area contributed by atoms with Crippen LogP contribution < -0.4 is 5.32 Å². The van der Waals surface area contributed by atoms with Gasteiger partial charge >= 0.3 is 0 Å². The zero-order valence-corrected chi connectivity index (χ0v) is 11.3. The molecule has 2 amide bonds. The Balaban J connectivity index is 2.27. The van der Waals surface area contributed by atoms with Crippen molar-refractivity contribution in [2.75, 3.05) is 0 Å². The molecule has 2 atom stereocenters. The third-order valence-electron chi connectivity index (χ3n) is 3.85. The van der Waals surface area contributed by atoms with Crippen molar-refractivity contribution in [1.29, 1.82) is 0 Å². The molecule has 2 aliphatic rings. The topological polar surface area (TPSA) is 49.4 Å². The lowest BCUT2D eigenvalue weighted by Crippen LogP contribution is -2.66. The highest BCUT2D eigenvalue weighted by Crippen LogP contribution is 2.27. The van der Waals surface area contributed by atoms with Crippen molar-refractivity contribution in [2.24, 2.45) is 5.92 Å². The van der Waals surface area contributed by atoms with E-state index < -0.39 is 0 Å². The highest BCUT2D eigenvalue weighted by atomic mass is 16.2. The summed E-state index contributed by atoms with van der Waals surface area (Å²) in [6.07, 6.45) is 6.61. The Morgan fingerprint density at radius 2 is 1.94 bits per heavy atom. The molecule has 1 aliphatic heterocycles. The van der Waals surface area contributed by atoms with E-state index in [-0.39, 0.29) is 35.9 Å². The van der Waals surface area contributed by atoms with Crippen LogP contribution in [0, 0.1) is 5.92 Å². The van der Waals surface area contributed by atoms with Crippen LogP contribution in [-0.2, 0) is 9.59 Å². The molecule has 18 heavy (non-hydrogen) atoms. The molecule has 0 radical (unpaired) electrons. The normalized spacial score (nSPS) is 29.2. The number of hydrogen-bond donors (Lipinski definition) is 1. The molecule has 4 nitrogen and oxygen atoms in total. The predicted molar refractivity (Wildman–Crippen MR) is 69.9 cm³/mol. The molecular formula is C14H22N2O2. The number of hydrogen-bond acceptors (Lipinski definition) is 2. The Morgan fingerprint density at radius 3 is 2.44 bits per heavy atom. The van der Waals surface area contributed by atoms with E-state index in [4.69, 9.17) is 0 Å². The summed E-state index contributed by atoms with van der Waals surface area (Å²) in [5, 5.41) is 2.85. The van der Waals surface area contributed by atoms with Gasteiger partial charge < -0.3 is 10.2 Å². The first-order valence-corrected chi connectivity index (χ1v) is 6.83. The van der Waals surface area contributed by atoms with Gasteiger partial charge in [0, 0.05) is 6.04 Å². The molecule has 1 aliphatic carbocycles. The first-order valence-electron chi connectivity index (χ1n) is 6.83. The monoisotopic (exact) mass is 250 g/mol. The van der Waals surface area contributed by atoms with E-state index in [1.165, 1.54) is 0 Å². The number of rotatable bonds is 3. The summed E-state index contributed by atoms with van der Waals surface area (Å²) in [7, 11) is 0. The maximum atomic E-state index is 12.5. The second-order valence-corrected chi connectivity index (χ2v) is 5.50. The molecule has 100 valence electrons. The Hall–Kier alpha value is -1.32. The molecule has 0 aromatic heterocycles. The van der Waals surface area contributed by atoms with E-state index in [9.17, 15) is 9.59 Å². The number of nitrogens with zero attached hydrogens (tertiary/aromatic N) is 1. The third-order valence-corrected chi connectivity index (χ3v) is 3.85. The summed E-state index contributed by atoms with van der Waals surface area (Å²) >= 11 is 0. The number of nitrogens with one attached hydrogen (secondary N) is 1. The smallest absolute Gasteiger partial charge is 0.246 e. The van der Waals surface area contributed by atoms with Gasteiger partial charge in [0.25, 0.3) is 0 Å². The van der Waals surface area contributed by atoms with Crippen molar-refractivity contribution < 1.29 is 9.59 Å². The van der Waals surface area contributed by atoms with E-state index >= 15 is 0 Å². The minimum Gasteiger partial charge on any atom is -0.343 e. The molecule has 2 unspecified atom stereocenters. The summed E-state index contributed by atoms with van der Waals surface area (Å²) < 4.78 is 0. The van der Waals surface area contributed by atoms with Crippen molar-refractivity contribution in [3.05, 3.63) is 12.2 Å². The highest BCUT2D eigenvalue weighted by molar-refractivity contribution is 5.97. The van der Waals surface area contributed by atoms with Gasteiger partial charge in [-0.25, -0.2) is 0 Å². The molecule has 1 heterocycles. The lowest BCUT2D eigenvalue weighted by atomic mass is 9.93. The second-order valence-electron chi connectivity index (χ2n) is 5.50. The Labute approximate surface area is 108 Å². The maximum Gasteiger partial charge on any atom is 0.246 e. The fourth-order valence-corrected chi connectivity index (χ4v) is 2.90. The number of carbonyl (C=O) groups excluding carboxylic acids is 2. The number of amides is 2. The standard InChI is InChI=1S/C14H22N2O2/c1-4-11-14(18)16(10-7-5-6-8-10)12(9(2)3)13(17)15-11/h5-6,9-12H,4,7-8H2,1-3H3,(H,15,17). The highest BCUT2D eigenvalue weighted by Gasteiger charge is 2.44. The third kappa shape index (κ3) is 2.16. The van der Waals surface area contributed by atoms with Crippen LogP contribution in [0.25, 0.3) is 0 Å². The van der Waals surface area contributed by atoms with Crippen LogP contribution in [0.15, 0.2) is 12.2 Å². The summed E-state index contributed by atoms with van der Waals surface area (Å²) in [6, 6.07) is -0.483. The lowest BCUT2D eigenvalue weighted by Gasteiger charge is -2.44. The van der Waals surface area contributed by atoms with Crippen molar-refractivity contribution in [3.63, 3.8) is 0 Å². The van der Waals surface area contributed by atoms with Crippen molar-refractivity contribution in [1.82, 2.24) is 10.2 Å². The van der Waals surface area contributed by atoms with Crippen molar-refractivity contribution >= 4 is 11.8 Å². The van der Waals surface area contributed by atoms with Gasteiger partial charge in [0.2, 0.25) is 11.8 Å². The average Bonchev–Trinajstić information content (AvgIpc) is 2.83. The molecule has 2 rings (SSSR count). The maximum absolute atomic E-state index is 12.5. The summed E-state index contributed by atoms with van der Waals surface area (Å²) in [5.41, 5.74) is 0. The van der Waals surface area contributed by atoms with Crippen molar-refractivity contribution in [3.8, 4) is 0 Å². The van der Waals surface area contributed by atoms with Gasteiger partial charge in [-0.2, -0.15) is 0 Å². The number of piperazine rings is 1. The van der Waals surface area contributed by atoms with Crippen LogP contribution in [0.1, 0.15) is 40.0 Å². The summed E-state index contributed by atoms with van der Waals surface area (Å²) in [4.78, 5) is 26.5. The van der Waals surface area contributed by atoms with Gasteiger partial charge in [-0.15, -0.1) is 0 Å². The second kappa shape index (κ2) is 5.12. The summed E-state index contributed by atoms with van der Waals surface area (Å²) in [6.45, 7) is 5.93. The molecule has 1 N–H and O–H groups in total. The van der Waals surface area contributed by atoms with Crippen LogP contribution in [0.4, 0.5) is 0 Å². The number of carbonyl (C=O) groups is 2. The van der Waals surface area contributed by atoms with Gasteiger partial charge in [-0.05, 0) is 25.2 Å². The van der Waals surface area contributed by atoms with Crippen LogP contribution in [0.2, 0.25) is 0 Å². The van der Waals surface area contributed by atoms with Crippen LogP contribution in [0.5, 0.6) is 0 Å². The lowest BCUT2D eigenvalue weighted by molar-refractivity contribution is -0.154. The molecule has 1 fully saturated rings. The fourth-order valence-electron chi connectivity index (χ4n) is 2.90. The summed E-state index contributed by atoms with van der Waals surface area (Å²) in [5.74, 6) is 0.236. The Bertz CT molecular complexity index is 368. The molecule has 0 bridgehead atoms. The first kappa shape index (κ1) is 13.1. The average molecular weight is 250 g/mol. The van der Waals surface area contributed by atoms with Gasteiger partial charge in [0.1, 0.15) is 12.1 Å². The Kier molecular flexibility index (Phi) is 3.73. The minimum atomic E-state index is -0.340. The molecule has 0 spiro atoms. The molecule has 0 aromatic rings. The first-order chi connectivity index (χ1) is 8.56. The largest absolute Gasteiger partial charge is 0.343 e. The van der Waals surface area contributed by atoms with E-state index in [1.807, 2.05) is 25.7 Å². The van der Waals surface area contributed by atoms with E-state index in [0.717, 1.165) is 12.8 Å². The van der Waals surface area contributed by atoms with Crippen LogP contribution in [0.3, 0.4) is 0 Å². The Morgan fingerprint density at radius 1 is 1.33 bits per heavy atom. The molecule has 4 heteroatoms. The van der Waals surface area contributed by atoms with Gasteiger partial charge in [-0.1, -0.05) is 32.9 Å². The van der Waals surface area contributed by atoms with Gasteiger partial charge in [-0.3, -0.25) is 9.59 Å². The zero-order chi connectivity index (χ0) is 13.3. The van der Waals surface area contributed by atoms with E-state index in [1.54, 1.807) is 0 Å². The molecular weight excluding hydrogens is 228 g/mol. The SMILES string of the molecule is CCC1NC(=O)C(C(C)C)N(C2CC=CC2)C1=O. The van der Waals surface area contributed by atoms with Crippen molar-refractivity contribution in [2.45, 2.75) is 58.2 Å². The van der Waals surface area contributed by atoms with E-state index in [0.29, 0.717) is 6.42 Å². The van der Waals surface area contributed by atoms with Gasteiger partial charge in [0.05, 0.1) is 0 Å². The quantitative estimate of drug-likeness (QED) is 0.771. The zero-order valence-electron chi connectivity index (χ0n) is 11.3. The van der Waals surface area contributed by atoms with E-state index in [2.05, 4.69) is 17.5 Å². The van der Waals surface area contributed by atoms with Crippen LogP contribution >= 0.6 is 0 Å². The molecule has 0 saturated carbocycles. The minimum absolute atomic E-state index is 0.00310. The van der Waals surface area contributed by atoms with Gasteiger partial charge in [0.15, 0.2) is 0 Å². The fraction of sp³-hybridized carbons (Fsp3) is 0.714. The van der Waals surface area contributed by atoms with Crippen LogP contribution in [-0.4, -0.2) is 34.8 Å².